The number of rotatable bonds is 10. The highest BCUT2D eigenvalue weighted by atomic mass is 16.5. The molecular formula is C92H76BN5O. The number of nitriles is 1. The molecular weight excluding hydrogens is 1200 g/mol. The van der Waals surface area contributed by atoms with E-state index >= 15 is 0 Å². The molecule has 0 radical (unpaired) electrons. The summed E-state index contributed by atoms with van der Waals surface area (Å²) in [6.07, 6.45) is 0. The summed E-state index contributed by atoms with van der Waals surface area (Å²) in [6.45, 7) is 20.2. The van der Waals surface area contributed by atoms with Crippen molar-refractivity contribution in [3.63, 3.8) is 0 Å². The van der Waals surface area contributed by atoms with E-state index in [4.69, 9.17) is 10.2 Å². The van der Waals surface area contributed by atoms with Crippen molar-refractivity contribution in [2.24, 2.45) is 0 Å². The lowest BCUT2D eigenvalue weighted by Gasteiger charge is -2.41. The van der Waals surface area contributed by atoms with Crippen molar-refractivity contribution in [3.05, 3.63) is 313 Å². The number of aromatic nitrogens is 2. The summed E-state index contributed by atoms with van der Waals surface area (Å²) in [5, 5.41) is 13.4. The molecule has 0 saturated carbocycles. The number of hydrogen-bond donors (Lipinski definition) is 0. The first-order chi connectivity index (χ1) is 51.3. The predicted octanol–water partition coefficient (Wildman–Crippen LogP) is 22.4. The maximum atomic E-state index is 11.1. The summed E-state index contributed by atoms with van der Waals surface area (Å²) >= 11 is 0. The van der Waals surface area contributed by atoms with Gasteiger partial charge >= 0.3 is 0 Å². The fourth-order valence-electron chi connectivity index (χ4n) is 15.1. The Morgan fingerprint density at radius 3 is 1.60 bits per heavy atom. The van der Waals surface area contributed by atoms with Gasteiger partial charge in [-0.2, -0.15) is 5.26 Å². The SMILES string of the molecule is [2H]c1c([2H])c([2H])c2c(c1[2H])c1c([2H])c([2H])c([2H])c([2H])c1n2-c1ccc2c(c1)Oc1cc(-c3cc(C#N)ccc3CN(c3ccccc3)c3ccccc3-c3ccccc3)cc3c1B2c1ccc(-n2c4ccc(C(C)(C)C)cc4c4cc(C(C)(C)C)ccc42)cc1N3c1ccc(C(C)(C)C)cc1-c1ccccc1. The number of fused-ring (bicyclic) bond motifs is 10. The zero-order chi connectivity index (χ0) is 74.6. The van der Waals surface area contributed by atoms with Crippen molar-refractivity contribution in [2.75, 3.05) is 9.80 Å². The minimum absolute atomic E-state index is 0.00628. The Labute approximate surface area is 592 Å². The van der Waals surface area contributed by atoms with E-state index in [0.717, 1.165) is 117 Å². The molecule has 7 heteroatoms. The topological polar surface area (TPSA) is 49.4 Å². The van der Waals surface area contributed by atoms with E-state index in [0.29, 0.717) is 29.3 Å². The molecule has 2 aromatic heterocycles. The predicted molar refractivity (Wildman–Crippen MR) is 417 cm³/mol. The van der Waals surface area contributed by atoms with Gasteiger partial charge in [0.1, 0.15) is 11.5 Å². The van der Waals surface area contributed by atoms with Gasteiger partial charge in [0.25, 0.3) is 6.71 Å². The fourth-order valence-corrected chi connectivity index (χ4v) is 15.1. The Morgan fingerprint density at radius 2 is 0.970 bits per heavy atom. The van der Waals surface area contributed by atoms with Crippen molar-refractivity contribution in [3.8, 4) is 62.3 Å². The molecule has 0 unspecified atom stereocenters. The number of para-hydroxylation sites is 4. The maximum Gasteiger partial charge on any atom is 0.256 e. The first-order valence-electron chi connectivity index (χ1n) is 38.0. The van der Waals surface area contributed by atoms with Crippen LogP contribution < -0.4 is 30.9 Å². The summed E-state index contributed by atoms with van der Waals surface area (Å²) in [5.74, 6) is 0.952. The van der Waals surface area contributed by atoms with E-state index in [1.165, 1.54) is 11.1 Å². The average Bonchev–Trinajstić information content (AvgIpc) is 1.70. The Bertz CT molecular complexity index is 6130. The lowest BCUT2D eigenvalue weighted by Crippen LogP contribution is -2.59. The molecule has 0 saturated heterocycles. The van der Waals surface area contributed by atoms with Gasteiger partial charge in [-0.1, -0.05) is 232 Å². The van der Waals surface area contributed by atoms with Crippen LogP contribution in [0.2, 0.25) is 0 Å². The largest absolute Gasteiger partial charge is 0.458 e. The molecule has 2 aliphatic heterocycles. The minimum atomic E-state index is -0.524. The molecule has 17 rings (SSSR count). The molecule has 4 heterocycles. The summed E-state index contributed by atoms with van der Waals surface area (Å²) in [5.41, 5.74) is 21.0. The quantitative estimate of drug-likeness (QED) is 0.128. The highest BCUT2D eigenvalue weighted by Gasteiger charge is 2.44. The van der Waals surface area contributed by atoms with Gasteiger partial charge in [-0.3, -0.25) is 0 Å². The number of hydrogen-bond acceptors (Lipinski definition) is 4. The minimum Gasteiger partial charge on any atom is -0.458 e. The van der Waals surface area contributed by atoms with Crippen LogP contribution >= 0.6 is 0 Å². The zero-order valence-electron chi connectivity index (χ0n) is 64.9. The summed E-state index contributed by atoms with van der Waals surface area (Å²) in [4.78, 5) is 4.77. The van der Waals surface area contributed by atoms with Gasteiger partial charge in [-0.15, -0.1) is 0 Å². The second-order valence-electron chi connectivity index (χ2n) is 29.5. The van der Waals surface area contributed by atoms with Crippen molar-refractivity contribution in [2.45, 2.75) is 85.1 Å². The number of anilines is 5. The van der Waals surface area contributed by atoms with Crippen LogP contribution in [-0.2, 0) is 22.8 Å². The normalized spacial score (nSPS) is 13.9. The molecule has 0 amide bonds. The van der Waals surface area contributed by atoms with E-state index in [1.807, 2.05) is 42.5 Å². The van der Waals surface area contributed by atoms with Crippen LogP contribution in [-0.4, -0.2) is 15.8 Å². The molecule has 0 N–H and O–H groups in total. The second-order valence-corrected chi connectivity index (χ2v) is 29.5. The highest BCUT2D eigenvalue weighted by Crippen LogP contribution is 2.50. The molecule has 478 valence electrons. The Morgan fingerprint density at radius 1 is 0.424 bits per heavy atom. The molecule has 99 heavy (non-hydrogen) atoms. The van der Waals surface area contributed by atoms with Crippen LogP contribution in [0, 0.1) is 11.3 Å². The Balaban J connectivity index is 0.977. The standard InChI is InChI=1S/C92H76BN5O/c1-90(2,3)64-39-46-82(74(52-64)61-27-15-11-16-28-61)98-85-55-68(96-83-47-40-65(91(4,5)6)53-75(83)76-54-66(92(7,8)9)41-48-84(76)96)42-44-77(85)93-78-45-43-69(97-80-35-23-20-32-71(80)72-33-21-24-36-81(72)97)56-87(78)99-88-51-63(50-86(98)89(88)93)73-49-59(57-94)37-38-62(73)58-95(67-29-17-12-18-30-67)79-34-22-19-31-70(79)60-25-13-10-14-26-60/h10-56H,58H2,1-9H3/i20D,21D,23D,24D,32D,33D,35D,36D. The van der Waals surface area contributed by atoms with Gasteiger partial charge in [0, 0.05) is 79.4 Å². The molecule has 0 aliphatic carbocycles. The Kier molecular flexibility index (Phi) is 12.4. The lowest BCUT2D eigenvalue weighted by molar-refractivity contribution is 0.487. The summed E-state index contributed by atoms with van der Waals surface area (Å²) < 4.78 is 85.1. The third-order valence-corrected chi connectivity index (χ3v) is 20.2. The van der Waals surface area contributed by atoms with Crippen LogP contribution in [0.4, 0.5) is 28.4 Å². The van der Waals surface area contributed by atoms with Crippen LogP contribution in [0.5, 0.6) is 11.5 Å². The first kappa shape index (κ1) is 52.6. The maximum absolute atomic E-state index is 11.1. The third kappa shape index (κ3) is 10.4. The first-order valence-corrected chi connectivity index (χ1v) is 34.0. The smallest absolute Gasteiger partial charge is 0.256 e. The van der Waals surface area contributed by atoms with Gasteiger partial charge in [0.05, 0.1) is 50.4 Å². The van der Waals surface area contributed by atoms with Crippen molar-refractivity contribution < 1.29 is 15.7 Å². The Hall–Kier alpha value is -11.6. The lowest BCUT2D eigenvalue weighted by atomic mass is 9.34. The molecule has 0 fully saturated rings. The van der Waals surface area contributed by atoms with Gasteiger partial charge in [0.2, 0.25) is 0 Å². The van der Waals surface area contributed by atoms with Crippen LogP contribution in [0.3, 0.4) is 0 Å². The van der Waals surface area contributed by atoms with Crippen LogP contribution in [0.25, 0.3) is 88.4 Å². The average molecular weight is 1290 g/mol. The molecule has 0 bridgehead atoms. The van der Waals surface area contributed by atoms with E-state index in [-0.39, 0.29) is 38.1 Å². The van der Waals surface area contributed by atoms with Gasteiger partial charge in [-0.05, 0) is 186 Å². The van der Waals surface area contributed by atoms with Crippen molar-refractivity contribution >= 4 is 95.1 Å². The van der Waals surface area contributed by atoms with Crippen molar-refractivity contribution in [1.29, 1.82) is 5.26 Å². The third-order valence-electron chi connectivity index (χ3n) is 20.2. The monoisotopic (exact) mass is 1290 g/mol. The molecule has 0 atom stereocenters. The number of nitrogens with zero attached hydrogens (tertiary/aromatic N) is 5. The van der Waals surface area contributed by atoms with E-state index in [9.17, 15) is 10.7 Å². The van der Waals surface area contributed by atoms with Crippen LogP contribution in [0.15, 0.2) is 285 Å². The van der Waals surface area contributed by atoms with Crippen molar-refractivity contribution in [1.82, 2.24) is 9.13 Å². The summed E-state index contributed by atoms with van der Waals surface area (Å²) in [6, 6.07) is 82.3. The highest BCUT2D eigenvalue weighted by molar-refractivity contribution is 6.99. The molecule has 13 aromatic carbocycles. The van der Waals surface area contributed by atoms with E-state index in [2.05, 4.69) is 277 Å². The van der Waals surface area contributed by atoms with E-state index < -0.39 is 55.1 Å². The summed E-state index contributed by atoms with van der Waals surface area (Å²) in [7, 11) is 0. The van der Waals surface area contributed by atoms with Gasteiger partial charge in [0.15, 0.2) is 0 Å². The molecule has 0 spiro atoms. The molecule has 15 aromatic rings. The van der Waals surface area contributed by atoms with E-state index in [1.54, 1.807) is 4.57 Å². The number of ether oxygens (including phenoxy) is 1. The van der Waals surface area contributed by atoms with Gasteiger partial charge in [-0.25, -0.2) is 0 Å². The van der Waals surface area contributed by atoms with Gasteiger partial charge < -0.3 is 23.7 Å². The number of benzene rings is 13. The zero-order valence-corrected chi connectivity index (χ0v) is 56.9. The molecule has 6 nitrogen and oxygen atoms in total. The molecule has 2 aliphatic rings. The fraction of sp³-hybridized carbons (Fsp3) is 0.141. The second kappa shape index (κ2) is 23.3. The van der Waals surface area contributed by atoms with Crippen LogP contribution in [0.1, 0.15) is 101 Å².